The zero-order valence-corrected chi connectivity index (χ0v) is 11.6. The number of nitrogens with one attached hydrogen (secondary N) is 1. The van der Waals surface area contributed by atoms with Crippen LogP contribution in [0.15, 0.2) is 18.2 Å². The first-order valence-electron chi connectivity index (χ1n) is 6.75. The number of carbonyl (C=O) groups is 1. The first-order valence-corrected chi connectivity index (χ1v) is 6.75. The average Bonchev–Trinajstić information content (AvgIpc) is 2.32. The van der Waals surface area contributed by atoms with Crippen molar-refractivity contribution in [3.05, 3.63) is 29.3 Å². The Kier molecular flexibility index (Phi) is 5.69. The Balaban J connectivity index is 2.79. The molecule has 0 spiro atoms. The summed E-state index contributed by atoms with van der Waals surface area (Å²) < 4.78 is 0. The van der Waals surface area contributed by atoms with Gasteiger partial charge in [0, 0.05) is 17.3 Å². The second kappa shape index (κ2) is 7.04. The Morgan fingerprint density at radius 3 is 2.33 bits per heavy atom. The van der Waals surface area contributed by atoms with E-state index in [0.717, 1.165) is 11.3 Å². The van der Waals surface area contributed by atoms with E-state index < -0.39 is 0 Å². The van der Waals surface area contributed by atoms with Gasteiger partial charge in [-0.3, -0.25) is 4.79 Å². The summed E-state index contributed by atoms with van der Waals surface area (Å²) in [7, 11) is 0. The largest absolute Gasteiger partial charge is 0.382 e. The molecule has 1 rings (SSSR count). The van der Waals surface area contributed by atoms with E-state index in [0.29, 0.717) is 11.6 Å². The van der Waals surface area contributed by atoms with Crippen LogP contribution in [0.25, 0.3) is 0 Å². The number of aryl methyl sites for hydroxylation is 1. The van der Waals surface area contributed by atoms with E-state index in [4.69, 9.17) is 5.73 Å². The first kappa shape index (κ1) is 14.6. The minimum atomic E-state index is -0.372. The van der Waals surface area contributed by atoms with Crippen LogP contribution in [0.2, 0.25) is 0 Å². The number of carbonyl (C=O) groups excluding carboxylic acids is 1. The van der Waals surface area contributed by atoms with Gasteiger partial charge in [-0.1, -0.05) is 26.7 Å². The highest BCUT2D eigenvalue weighted by molar-refractivity contribution is 5.93. The summed E-state index contributed by atoms with van der Waals surface area (Å²) in [6.07, 6.45) is 4.70. The van der Waals surface area contributed by atoms with Gasteiger partial charge in [0.15, 0.2) is 0 Å². The van der Waals surface area contributed by atoms with E-state index in [1.54, 1.807) is 6.07 Å². The molecule has 0 saturated heterocycles. The number of primary amides is 1. The molecule has 1 aromatic carbocycles. The summed E-state index contributed by atoms with van der Waals surface area (Å²) in [6.45, 7) is 6.41. The molecular formula is C15H24N2O. The summed E-state index contributed by atoms with van der Waals surface area (Å²) in [4.78, 5) is 11.1. The predicted octanol–water partition coefficient (Wildman–Crippen LogP) is 3.47. The summed E-state index contributed by atoms with van der Waals surface area (Å²) in [6, 6.07) is 6.10. The molecule has 0 heterocycles. The molecule has 100 valence electrons. The lowest BCUT2D eigenvalue weighted by molar-refractivity contribution is 0.1000. The Labute approximate surface area is 110 Å². The normalized spacial score (nSPS) is 10.7. The molecular weight excluding hydrogens is 224 g/mol. The Hall–Kier alpha value is -1.51. The highest BCUT2D eigenvalue weighted by atomic mass is 16.1. The fourth-order valence-corrected chi connectivity index (χ4v) is 2.18. The number of hydrogen-bond donors (Lipinski definition) is 2. The fourth-order valence-electron chi connectivity index (χ4n) is 2.18. The summed E-state index contributed by atoms with van der Waals surface area (Å²) in [5.41, 5.74) is 8.02. The van der Waals surface area contributed by atoms with Crippen molar-refractivity contribution < 1.29 is 4.79 Å². The lowest BCUT2D eigenvalue weighted by atomic mass is 10.0. The molecule has 1 aromatic rings. The lowest BCUT2D eigenvalue weighted by Gasteiger charge is -2.20. The highest BCUT2D eigenvalue weighted by Gasteiger charge is 2.09. The molecule has 0 aliphatic carbocycles. The SMILES string of the molecule is CCCC(CCC)Nc1ccc(C(N)=O)cc1C. The molecule has 0 atom stereocenters. The van der Waals surface area contributed by atoms with E-state index in [1.165, 1.54) is 25.7 Å². The molecule has 18 heavy (non-hydrogen) atoms. The van der Waals surface area contributed by atoms with Crippen molar-refractivity contribution >= 4 is 11.6 Å². The molecule has 1 amide bonds. The second-order valence-corrected chi connectivity index (χ2v) is 4.81. The van der Waals surface area contributed by atoms with Gasteiger partial charge in [0.1, 0.15) is 0 Å². The third kappa shape index (κ3) is 4.06. The molecule has 0 aliphatic rings. The number of nitrogens with two attached hydrogens (primary N) is 1. The Morgan fingerprint density at radius 2 is 1.89 bits per heavy atom. The topological polar surface area (TPSA) is 55.1 Å². The monoisotopic (exact) mass is 248 g/mol. The molecule has 3 nitrogen and oxygen atoms in total. The van der Waals surface area contributed by atoms with Crippen LogP contribution in [-0.4, -0.2) is 11.9 Å². The van der Waals surface area contributed by atoms with Crippen LogP contribution in [0.1, 0.15) is 55.5 Å². The van der Waals surface area contributed by atoms with Crippen molar-refractivity contribution in [2.45, 2.75) is 52.5 Å². The zero-order valence-electron chi connectivity index (χ0n) is 11.6. The minimum Gasteiger partial charge on any atom is -0.382 e. The number of benzene rings is 1. The predicted molar refractivity (Wildman–Crippen MR) is 76.9 cm³/mol. The van der Waals surface area contributed by atoms with Crippen LogP contribution in [0.4, 0.5) is 5.69 Å². The molecule has 0 aliphatic heterocycles. The zero-order chi connectivity index (χ0) is 13.5. The second-order valence-electron chi connectivity index (χ2n) is 4.81. The molecule has 0 aromatic heterocycles. The number of rotatable bonds is 7. The van der Waals surface area contributed by atoms with Gasteiger partial charge in [0.25, 0.3) is 0 Å². The molecule has 3 heteroatoms. The Bertz CT molecular complexity index is 395. The standard InChI is InChI=1S/C15H24N2O/c1-4-6-13(7-5-2)17-14-9-8-12(15(16)18)10-11(14)3/h8-10,13,17H,4-7H2,1-3H3,(H2,16,18). The van der Waals surface area contributed by atoms with Crippen molar-refractivity contribution in [2.24, 2.45) is 5.73 Å². The van der Waals surface area contributed by atoms with E-state index in [-0.39, 0.29) is 5.91 Å². The van der Waals surface area contributed by atoms with Crippen LogP contribution >= 0.6 is 0 Å². The van der Waals surface area contributed by atoms with Crippen molar-refractivity contribution in [2.75, 3.05) is 5.32 Å². The maximum Gasteiger partial charge on any atom is 0.248 e. The third-order valence-corrected chi connectivity index (χ3v) is 3.14. The van der Waals surface area contributed by atoms with Gasteiger partial charge in [-0.2, -0.15) is 0 Å². The van der Waals surface area contributed by atoms with Crippen molar-refractivity contribution in [3.63, 3.8) is 0 Å². The number of hydrogen-bond acceptors (Lipinski definition) is 2. The summed E-state index contributed by atoms with van der Waals surface area (Å²) in [5, 5.41) is 3.56. The van der Waals surface area contributed by atoms with E-state index in [9.17, 15) is 4.79 Å². The molecule has 0 unspecified atom stereocenters. The van der Waals surface area contributed by atoms with Gasteiger partial charge >= 0.3 is 0 Å². The minimum absolute atomic E-state index is 0.372. The lowest BCUT2D eigenvalue weighted by Crippen LogP contribution is -2.20. The van der Waals surface area contributed by atoms with Crippen LogP contribution in [0, 0.1) is 6.92 Å². The summed E-state index contributed by atoms with van der Waals surface area (Å²) >= 11 is 0. The highest BCUT2D eigenvalue weighted by Crippen LogP contribution is 2.20. The third-order valence-electron chi connectivity index (χ3n) is 3.14. The number of amides is 1. The van der Waals surface area contributed by atoms with E-state index >= 15 is 0 Å². The first-order chi connectivity index (χ1) is 8.58. The van der Waals surface area contributed by atoms with Crippen LogP contribution < -0.4 is 11.1 Å². The van der Waals surface area contributed by atoms with Gasteiger partial charge in [-0.15, -0.1) is 0 Å². The maximum absolute atomic E-state index is 11.1. The van der Waals surface area contributed by atoms with Crippen molar-refractivity contribution in [1.82, 2.24) is 0 Å². The van der Waals surface area contributed by atoms with E-state index in [2.05, 4.69) is 19.2 Å². The molecule has 3 N–H and O–H groups in total. The van der Waals surface area contributed by atoms with Gasteiger partial charge in [-0.25, -0.2) is 0 Å². The summed E-state index contributed by atoms with van der Waals surface area (Å²) in [5.74, 6) is -0.372. The van der Waals surface area contributed by atoms with Crippen molar-refractivity contribution in [3.8, 4) is 0 Å². The molecule has 0 saturated carbocycles. The van der Waals surface area contributed by atoms with Crippen LogP contribution in [0.5, 0.6) is 0 Å². The van der Waals surface area contributed by atoms with Gasteiger partial charge < -0.3 is 11.1 Å². The molecule has 0 bridgehead atoms. The van der Waals surface area contributed by atoms with Crippen LogP contribution in [0.3, 0.4) is 0 Å². The number of anilines is 1. The van der Waals surface area contributed by atoms with Gasteiger partial charge in [0.2, 0.25) is 5.91 Å². The van der Waals surface area contributed by atoms with E-state index in [1.807, 2.05) is 19.1 Å². The molecule has 0 fully saturated rings. The average molecular weight is 248 g/mol. The van der Waals surface area contributed by atoms with Crippen LogP contribution in [-0.2, 0) is 0 Å². The molecule has 0 radical (unpaired) electrons. The van der Waals surface area contributed by atoms with Gasteiger partial charge in [0.05, 0.1) is 0 Å². The quantitative estimate of drug-likeness (QED) is 0.776. The smallest absolute Gasteiger partial charge is 0.248 e. The fraction of sp³-hybridized carbons (Fsp3) is 0.533. The maximum atomic E-state index is 11.1. The van der Waals surface area contributed by atoms with Gasteiger partial charge in [-0.05, 0) is 43.5 Å². The van der Waals surface area contributed by atoms with Crippen molar-refractivity contribution in [1.29, 1.82) is 0 Å². The Morgan fingerprint density at radius 1 is 1.28 bits per heavy atom.